The minimum atomic E-state index is -1.11. The average Bonchev–Trinajstić information content (AvgIpc) is 2.86. The van der Waals surface area contributed by atoms with Gasteiger partial charge in [0, 0.05) is 10.9 Å². The van der Waals surface area contributed by atoms with Crippen LogP contribution in [0.3, 0.4) is 0 Å². The van der Waals surface area contributed by atoms with Crippen molar-refractivity contribution in [3.8, 4) is 6.07 Å². The molecule has 1 heterocycles. The molecule has 1 N–H and O–H groups in total. The summed E-state index contributed by atoms with van der Waals surface area (Å²) >= 11 is 3.34. The smallest absolute Gasteiger partial charge is 0.371 e. The molecule has 0 amide bonds. The van der Waals surface area contributed by atoms with E-state index >= 15 is 0 Å². The maximum absolute atomic E-state index is 10.7. The van der Waals surface area contributed by atoms with Gasteiger partial charge in [0.25, 0.3) is 0 Å². The van der Waals surface area contributed by atoms with Crippen molar-refractivity contribution in [2.75, 3.05) is 0 Å². The van der Waals surface area contributed by atoms with Crippen molar-refractivity contribution in [2.45, 2.75) is 12.3 Å². The predicted molar refractivity (Wildman–Crippen MR) is 71.9 cm³/mol. The first-order valence-corrected chi connectivity index (χ1v) is 6.36. The number of nitriles is 1. The Morgan fingerprint density at radius 2 is 2.00 bits per heavy atom. The summed E-state index contributed by atoms with van der Waals surface area (Å²) in [5, 5.41) is 18.0. The van der Waals surface area contributed by atoms with Gasteiger partial charge in [-0.3, -0.25) is 0 Å². The van der Waals surface area contributed by atoms with Crippen molar-refractivity contribution in [2.24, 2.45) is 0 Å². The number of nitrogens with zero attached hydrogens (tertiary/aromatic N) is 1. The van der Waals surface area contributed by atoms with Crippen molar-refractivity contribution in [3.63, 3.8) is 0 Å². The SMILES string of the molecule is N#CC(Cc1ccc(C(=O)O)o1)c1ccc(Br)cc1. The fraction of sp³-hybridized carbons (Fsp3) is 0.143. The highest BCUT2D eigenvalue weighted by atomic mass is 79.9. The first-order chi connectivity index (χ1) is 9.10. The van der Waals surface area contributed by atoms with E-state index in [9.17, 15) is 10.1 Å². The van der Waals surface area contributed by atoms with Gasteiger partial charge in [0.15, 0.2) is 0 Å². The number of rotatable bonds is 4. The molecule has 0 radical (unpaired) electrons. The minimum absolute atomic E-state index is 0.109. The number of carboxylic acid groups (broad SMARTS) is 1. The summed E-state index contributed by atoms with van der Waals surface area (Å²) in [5.41, 5.74) is 0.874. The quantitative estimate of drug-likeness (QED) is 0.934. The van der Waals surface area contributed by atoms with E-state index in [1.54, 1.807) is 6.07 Å². The number of hydrogen-bond acceptors (Lipinski definition) is 3. The van der Waals surface area contributed by atoms with E-state index in [2.05, 4.69) is 22.0 Å². The highest BCUT2D eigenvalue weighted by Crippen LogP contribution is 2.23. The molecule has 0 aliphatic heterocycles. The van der Waals surface area contributed by atoms with Crippen LogP contribution in [-0.2, 0) is 6.42 Å². The van der Waals surface area contributed by atoms with Gasteiger partial charge in [0.2, 0.25) is 5.76 Å². The van der Waals surface area contributed by atoms with Gasteiger partial charge in [-0.05, 0) is 29.8 Å². The lowest BCUT2D eigenvalue weighted by Crippen LogP contribution is -1.99. The van der Waals surface area contributed by atoms with Crippen LogP contribution in [0.2, 0.25) is 0 Å². The maximum atomic E-state index is 10.7. The third-order valence-corrected chi connectivity index (χ3v) is 3.23. The molecule has 0 aliphatic carbocycles. The van der Waals surface area contributed by atoms with Crippen LogP contribution in [0.1, 0.15) is 27.8 Å². The molecular weight excluding hydrogens is 310 g/mol. The van der Waals surface area contributed by atoms with Gasteiger partial charge in [-0.25, -0.2) is 4.79 Å². The standard InChI is InChI=1S/C14H10BrNO3/c15-11-3-1-9(2-4-11)10(8-16)7-12-5-6-13(19-12)14(17)18/h1-6,10H,7H2,(H,17,18). The number of furan rings is 1. The Morgan fingerprint density at radius 3 is 2.53 bits per heavy atom. The van der Waals surface area contributed by atoms with Crippen LogP contribution in [0.4, 0.5) is 0 Å². The Kier molecular flexibility index (Phi) is 4.03. The Balaban J connectivity index is 2.17. The molecule has 2 aromatic rings. The largest absolute Gasteiger partial charge is 0.475 e. The van der Waals surface area contributed by atoms with Crippen LogP contribution >= 0.6 is 15.9 Å². The lowest BCUT2D eigenvalue weighted by Gasteiger charge is -2.07. The molecule has 1 atom stereocenters. The van der Waals surface area contributed by atoms with Crippen LogP contribution in [0, 0.1) is 11.3 Å². The van der Waals surface area contributed by atoms with E-state index in [1.165, 1.54) is 6.07 Å². The molecule has 19 heavy (non-hydrogen) atoms. The number of aromatic carboxylic acids is 1. The molecule has 0 saturated carbocycles. The van der Waals surface area contributed by atoms with Gasteiger partial charge in [-0.2, -0.15) is 5.26 Å². The maximum Gasteiger partial charge on any atom is 0.371 e. The van der Waals surface area contributed by atoms with Crippen LogP contribution in [0.5, 0.6) is 0 Å². The second-order valence-electron chi connectivity index (χ2n) is 4.01. The molecule has 1 aromatic heterocycles. The molecule has 96 valence electrons. The summed E-state index contributed by atoms with van der Waals surface area (Å²) in [6.07, 6.45) is 0.353. The van der Waals surface area contributed by atoms with E-state index in [1.807, 2.05) is 24.3 Å². The first kappa shape index (κ1) is 13.4. The summed E-state index contributed by atoms with van der Waals surface area (Å²) in [7, 11) is 0. The second-order valence-corrected chi connectivity index (χ2v) is 4.92. The van der Waals surface area contributed by atoms with Gasteiger partial charge >= 0.3 is 5.97 Å². The van der Waals surface area contributed by atoms with E-state index in [0.717, 1.165) is 10.0 Å². The van der Waals surface area contributed by atoms with Gasteiger partial charge in [-0.1, -0.05) is 28.1 Å². The Labute approximate surface area is 118 Å². The van der Waals surface area contributed by atoms with Crippen molar-refractivity contribution in [3.05, 3.63) is 58.0 Å². The fourth-order valence-corrected chi connectivity index (χ4v) is 2.00. The van der Waals surface area contributed by atoms with Crippen molar-refractivity contribution in [1.82, 2.24) is 0 Å². The number of benzene rings is 1. The summed E-state index contributed by atoms with van der Waals surface area (Å²) in [6.45, 7) is 0. The van der Waals surface area contributed by atoms with Gasteiger partial charge in [-0.15, -0.1) is 0 Å². The molecule has 1 aromatic carbocycles. The van der Waals surface area contributed by atoms with Crippen LogP contribution in [0.25, 0.3) is 0 Å². The molecule has 4 nitrogen and oxygen atoms in total. The Bertz CT molecular complexity index is 625. The molecule has 0 saturated heterocycles. The highest BCUT2D eigenvalue weighted by molar-refractivity contribution is 9.10. The minimum Gasteiger partial charge on any atom is -0.475 e. The number of halogens is 1. The zero-order valence-corrected chi connectivity index (χ0v) is 11.4. The Morgan fingerprint density at radius 1 is 1.32 bits per heavy atom. The molecule has 2 rings (SSSR count). The number of carboxylic acids is 1. The van der Waals surface area contributed by atoms with Crippen molar-refractivity contribution >= 4 is 21.9 Å². The normalized spacial score (nSPS) is 11.8. The highest BCUT2D eigenvalue weighted by Gasteiger charge is 2.15. The molecule has 0 fully saturated rings. The Hall–Kier alpha value is -2.06. The second kappa shape index (κ2) is 5.72. The topological polar surface area (TPSA) is 74.2 Å². The molecule has 1 unspecified atom stereocenters. The fourth-order valence-electron chi connectivity index (χ4n) is 1.74. The molecule has 0 aliphatic rings. The van der Waals surface area contributed by atoms with E-state index in [0.29, 0.717) is 12.2 Å². The van der Waals surface area contributed by atoms with Gasteiger partial charge in [0.05, 0.1) is 12.0 Å². The summed E-state index contributed by atoms with van der Waals surface area (Å²) in [5.74, 6) is -1.08. The monoisotopic (exact) mass is 319 g/mol. The van der Waals surface area contributed by atoms with E-state index in [-0.39, 0.29) is 11.7 Å². The molecule has 0 bridgehead atoms. The van der Waals surface area contributed by atoms with Crippen molar-refractivity contribution < 1.29 is 14.3 Å². The zero-order valence-electron chi connectivity index (χ0n) is 9.84. The summed E-state index contributed by atoms with van der Waals surface area (Å²) in [6, 6.07) is 12.6. The van der Waals surface area contributed by atoms with Crippen LogP contribution < -0.4 is 0 Å². The average molecular weight is 320 g/mol. The zero-order chi connectivity index (χ0) is 13.8. The lowest BCUT2D eigenvalue weighted by atomic mass is 9.96. The van der Waals surface area contributed by atoms with Gasteiger partial charge in [0.1, 0.15) is 5.76 Å². The van der Waals surface area contributed by atoms with Crippen molar-refractivity contribution in [1.29, 1.82) is 5.26 Å². The molecule has 0 spiro atoms. The van der Waals surface area contributed by atoms with Crippen LogP contribution in [0.15, 0.2) is 45.3 Å². The first-order valence-electron chi connectivity index (χ1n) is 5.57. The molecular formula is C14H10BrNO3. The third-order valence-electron chi connectivity index (χ3n) is 2.71. The molecule has 5 heteroatoms. The van der Waals surface area contributed by atoms with Crippen LogP contribution in [-0.4, -0.2) is 11.1 Å². The van der Waals surface area contributed by atoms with E-state index in [4.69, 9.17) is 9.52 Å². The summed E-state index contributed by atoms with van der Waals surface area (Å²) in [4.78, 5) is 10.7. The number of hydrogen-bond donors (Lipinski definition) is 1. The van der Waals surface area contributed by atoms with Gasteiger partial charge < -0.3 is 9.52 Å². The van der Waals surface area contributed by atoms with E-state index < -0.39 is 5.97 Å². The third kappa shape index (κ3) is 3.24. The predicted octanol–water partition coefficient (Wildman–Crippen LogP) is 3.59. The number of carbonyl (C=O) groups is 1. The summed E-state index contributed by atoms with van der Waals surface area (Å²) < 4.78 is 6.11. The lowest BCUT2D eigenvalue weighted by molar-refractivity contribution is 0.0660.